The molecule has 23 heavy (non-hydrogen) atoms. The molecule has 1 aromatic carbocycles. The van der Waals surface area contributed by atoms with Gasteiger partial charge in [0.15, 0.2) is 5.78 Å². The maximum absolute atomic E-state index is 12.8. The van der Waals surface area contributed by atoms with Crippen molar-refractivity contribution in [2.24, 2.45) is 11.3 Å². The number of Topliss-reactive ketones (excluding diaryl/α,β-unsaturated/α-hetero) is 1. The third-order valence-electron chi connectivity index (χ3n) is 4.49. The Morgan fingerprint density at radius 3 is 2.57 bits per heavy atom. The second-order valence-corrected chi connectivity index (χ2v) is 8.31. The SMILES string of the molecule is CC1(C)CC(=O)C2=C(C1)NC(=S)[C@H](C#N)[C@H]2c1ccc(Br)cc1. The van der Waals surface area contributed by atoms with Gasteiger partial charge < -0.3 is 5.32 Å². The predicted molar refractivity (Wildman–Crippen MR) is 96.8 cm³/mol. The van der Waals surface area contributed by atoms with Gasteiger partial charge in [0.2, 0.25) is 0 Å². The van der Waals surface area contributed by atoms with Crippen molar-refractivity contribution in [1.29, 1.82) is 5.26 Å². The first-order valence-electron chi connectivity index (χ1n) is 7.54. The Kier molecular flexibility index (Phi) is 4.16. The van der Waals surface area contributed by atoms with Gasteiger partial charge in [-0.3, -0.25) is 4.79 Å². The number of hydrogen-bond acceptors (Lipinski definition) is 3. The number of carbonyl (C=O) groups excluding carboxylic acids is 1. The highest BCUT2D eigenvalue weighted by molar-refractivity contribution is 9.10. The summed E-state index contributed by atoms with van der Waals surface area (Å²) in [6, 6.07) is 10.1. The Labute approximate surface area is 149 Å². The van der Waals surface area contributed by atoms with Crippen LogP contribution in [0.1, 0.15) is 38.2 Å². The van der Waals surface area contributed by atoms with Crippen LogP contribution < -0.4 is 5.32 Å². The Morgan fingerprint density at radius 1 is 1.30 bits per heavy atom. The second-order valence-electron chi connectivity index (χ2n) is 6.96. The molecule has 0 radical (unpaired) electrons. The molecule has 0 aromatic heterocycles. The summed E-state index contributed by atoms with van der Waals surface area (Å²) in [5.41, 5.74) is 2.52. The van der Waals surface area contributed by atoms with Crippen LogP contribution in [0.4, 0.5) is 0 Å². The number of carbonyl (C=O) groups is 1. The van der Waals surface area contributed by atoms with Crippen LogP contribution in [0, 0.1) is 22.7 Å². The molecule has 1 aliphatic carbocycles. The highest BCUT2D eigenvalue weighted by atomic mass is 79.9. The van der Waals surface area contributed by atoms with Crippen LogP contribution in [-0.2, 0) is 4.79 Å². The molecule has 3 nitrogen and oxygen atoms in total. The lowest BCUT2D eigenvalue weighted by Gasteiger charge is -2.40. The minimum atomic E-state index is -0.505. The van der Waals surface area contributed by atoms with Gasteiger partial charge in [-0.05, 0) is 29.5 Å². The molecule has 1 heterocycles. The molecule has 0 spiro atoms. The fraction of sp³-hybridized carbons (Fsp3) is 0.389. The van der Waals surface area contributed by atoms with Gasteiger partial charge in [-0.2, -0.15) is 5.26 Å². The van der Waals surface area contributed by atoms with Gasteiger partial charge in [-0.1, -0.05) is 54.1 Å². The molecule has 0 bridgehead atoms. The molecule has 0 fully saturated rings. The molecule has 2 atom stereocenters. The maximum atomic E-state index is 12.8. The lowest BCUT2D eigenvalue weighted by atomic mass is 9.67. The molecule has 118 valence electrons. The summed E-state index contributed by atoms with van der Waals surface area (Å²) in [4.78, 5) is 13.3. The summed E-state index contributed by atoms with van der Waals surface area (Å²) in [6.45, 7) is 4.18. The number of nitriles is 1. The number of thiocarbonyl (C=S) groups is 1. The highest BCUT2D eigenvalue weighted by Gasteiger charge is 2.44. The largest absolute Gasteiger partial charge is 0.352 e. The van der Waals surface area contributed by atoms with E-state index in [1.807, 2.05) is 24.3 Å². The smallest absolute Gasteiger partial charge is 0.161 e. The van der Waals surface area contributed by atoms with Crippen molar-refractivity contribution >= 4 is 38.9 Å². The van der Waals surface area contributed by atoms with Crippen molar-refractivity contribution in [2.45, 2.75) is 32.6 Å². The molecular formula is C18H17BrN2OS. The summed E-state index contributed by atoms with van der Waals surface area (Å²) in [7, 11) is 0. The topological polar surface area (TPSA) is 52.9 Å². The Hall–Kier alpha value is -1.51. The van der Waals surface area contributed by atoms with Crippen molar-refractivity contribution in [3.05, 3.63) is 45.6 Å². The number of rotatable bonds is 1. The van der Waals surface area contributed by atoms with Crippen molar-refractivity contribution in [2.75, 3.05) is 0 Å². The Bertz CT molecular complexity index is 758. The zero-order valence-corrected chi connectivity index (χ0v) is 15.4. The average Bonchev–Trinajstić information content (AvgIpc) is 2.45. The van der Waals surface area contributed by atoms with E-state index in [0.29, 0.717) is 11.4 Å². The standard InChI is InChI=1S/C18H17BrN2OS/c1-18(2)7-13-16(14(22)8-18)15(12(9-20)17(23)21-13)10-3-5-11(19)6-4-10/h3-6,12,15H,7-8H2,1-2H3,(H,21,23)/t12-,15-/m1/s1. The van der Waals surface area contributed by atoms with Crippen LogP contribution >= 0.6 is 28.1 Å². The van der Waals surface area contributed by atoms with Gasteiger partial charge in [0.1, 0.15) is 5.92 Å². The minimum Gasteiger partial charge on any atom is -0.352 e. The van der Waals surface area contributed by atoms with Crippen molar-refractivity contribution in [3.8, 4) is 6.07 Å². The molecular weight excluding hydrogens is 372 g/mol. The normalized spacial score (nSPS) is 26.3. The summed E-state index contributed by atoms with van der Waals surface area (Å²) >= 11 is 8.85. The fourth-order valence-corrected chi connectivity index (χ4v) is 4.09. The zero-order valence-electron chi connectivity index (χ0n) is 13.0. The minimum absolute atomic E-state index is 0.0811. The molecule has 1 aromatic rings. The highest BCUT2D eigenvalue weighted by Crippen LogP contribution is 2.46. The first-order chi connectivity index (χ1) is 10.8. The van der Waals surface area contributed by atoms with E-state index in [4.69, 9.17) is 12.2 Å². The molecule has 0 saturated heterocycles. The fourth-order valence-electron chi connectivity index (χ4n) is 3.51. The van der Waals surface area contributed by atoms with E-state index in [9.17, 15) is 10.1 Å². The van der Waals surface area contributed by atoms with E-state index in [2.05, 4.69) is 41.2 Å². The van der Waals surface area contributed by atoms with Gasteiger partial charge in [0, 0.05) is 28.1 Å². The van der Waals surface area contributed by atoms with Gasteiger partial charge >= 0.3 is 0 Å². The Balaban J connectivity index is 2.16. The number of halogens is 1. The van der Waals surface area contributed by atoms with Gasteiger partial charge in [-0.15, -0.1) is 0 Å². The molecule has 0 saturated carbocycles. The lowest BCUT2D eigenvalue weighted by molar-refractivity contribution is -0.118. The average molecular weight is 389 g/mol. The van der Waals surface area contributed by atoms with E-state index >= 15 is 0 Å². The van der Waals surface area contributed by atoms with Gasteiger partial charge in [0.25, 0.3) is 0 Å². The van der Waals surface area contributed by atoms with Gasteiger partial charge in [0.05, 0.1) is 11.1 Å². The van der Waals surface area contributed by atoms with Crippen LogP contribution in [0.15, 0.2) is 40.0 Å². The van der Waals surface area contributed by atoms with Crippen LogP contribution in [0.5, 0.6) is 0 Å². The van der Waals surface area contributed by atoms with E-state index < -0.39 is 5.92 Å². The summed E-state index contributed by atoms with van der Waals surface area (Å²) in [6.07, 6.45) is 1.28. The molecule has 0 unspecified atom stereocenters. The van der Waals surface area contributed by atoms with Crippen molar-refractivity contribution < 1.29 is 4.79 Å². The monoisotopic (exact) mass is 388 g/mol. The molecule has 1 N–H and O–H groups in total. The van der Waals surface area contributed by atoms with E-state index in [-0.39, 0.29) is 17.1 Å². The number of nitrogens with one attached hydrogen (secondary N) is 1. The lowest BCUT2D eigenvalue weighted by Crippen LogP contribution is -2.44. The molecule has 0 amide bonds. The zero-order chi connectivity index (χ0) is 16.8. The summed E-state index contributed by atoms with van der Waals surface area (Å²) in [5.74, 6) is -0.657. The summed E-state index contributed by atoms with van der Waals surface area (Å²) in [5, 5.41) is 12.8. The van der Waals surface area contributed by atoms with E-state index in [1.54, 1.807) is 0 Å². The molecule has 2 aliphatic rings. The second kappa shape index (κ2) is 5.85. The molecule has 5 heteroatoms. The Morgan fingerprint density at radius 2 is 1.96 bits per heavy atom. The third-order valence-corrected chi connectivity index (χ3v) is 5.37. The number of allylic oxidation sites excluding steroid dienone is 2. The van der Waals surface area contributed by atoms with E-state index in [1.165, 1.54) is 0 Å². The van der Waals surface area contributed by atoms with Crippen molar-refractivity contribution in [3.63, 3.8) is 0 Å². The quantitative estimate of drug-likeness (QED) is 0.730. The first-order valence-corrected chi connectivity index (χ1v) is 8.75. The van der Waals surface area contributed by atoms with Crippen LogP contribution in [0.3, 0.4) is 0 Å². The number of nitrogens with zero attached hydrogens (tertiary/aromatic N) is 1. The van der Waals surface area contributed by atoms with Gasteiger partial charge in [-0.25, -0.2) is 0 Å². The molecule has 3 rings (SSSR count). The van der Waals surface area contributed by atoms with Crippen LogP contribution in [0.25, 0.3) is 0 Å². The predicted octanol–water partition coefficient (Wildman–Crippen LogP) is 4.25. The number of benzene rings is 1. The first kappa shape index (κ1) is 16.4. The van der Waals surface area contributed by atoms with Crippen molar-refractivity contribution in [1.82, 2.24) is 5.32 Å². The van der Waals surface area contributed by atoms with E-state index in [0.717, 1.165) is 27.7 Å². The molecule has 1 aliphatic heterocycles. The van der Waals surface area contributed by atoms with Crippen LogP contribution in [-0.4, -0.2) is 10.8 Å². The number of hydrogen-bond donors (Lipinski definition) is 1. The third kappa shape index (κ3) is 2.98. The number of ketones is 1. The van der Waals surface area contributed by atoms with Crippen LogP contribution in [0.2, 0.25) is 0 Å². The maximum Gasteiger partial charge on any atom is 0.161 e. The summed E-state index contributed by atoms with van der Waals surface area (Å²) < 4.78 is 0.969.